The molecular weight excluding hydrogens is 316 g/mol. The van der Waals surface area contributed by atoms with Crippen molar-refractivity contribution in [2.24, 2.45) is 11.8 Å². The molecule has 0 bridgehead atoms. The van der Waals surface area contributed by atoms with Gasteiger partial charge in [0, 0.05) is 10.9 Å². The summed E-state index contributed by atoms with van der Waals surface area (Å²) in [7, 11) is 1.69. The van der Waals surface area contributed by atoms with Gasteiger partial charge >= 0.3 is 0 Å². The Kier molecular flexibility index (Phi) is 5.91. The Balaban J connectivity index is 1.97. The summed E-state index contributed by atoms with van der Waals surface area (Å²) in [4.78, 5) is 0. The molecular formula is C17H25BrO2. The van der Waals surface area contributed by atoms with Crippen LogP contribution in [0.25, 0.3) is 0 Å². The number of hydrogen-bond donors (Lipinski definition) is 1. The highest BCUT2D eigenvalue weighted by atomic mass is 79.9. The fourth-order valence-electron chi connectivity index (χ4n) is 3.28. The molecule has 1 aliphatic rings. The summed E-state index contributed by atoms with van der Waals surface area (Å²) in [5, 5.41) is 10.5. The molecule has 0 aromatic heterocycles. The van der Waals surface area contributed by atoms with Gasteiger partial charge in [-0.1, -0.05) is 42.1 Å². The third-order valence-corrected chi connectivity index (χ3v) is 5.18. The van der Waals surface area contributed by atoms with E-state index >= 15 is 0 Å². The predicted octanol–water partition coefficient (Wildman–Crippen LogP) is 4.58. The Labute approximate surface area is 130 Å². The molecule has 1 saturated carbocycles. The number of halogens is 1. The van der Waals surface area contributed by atoms with Gasteiger partial charge in [-0.2, -0.15) is 0 Å². The first kappa shape index (κ1) is 15.8. The van der Waals surface area contributed by atoms with E-state index in [1.54, 1.807) is 7.11 Å². The molecule has 2 rings (SSSR count). The van der Waals surface area contributed by atoms with Gasteiger partial charge in [-0.25, -0.2) is 0 Å². The van der Waals surface area contributed by atoms with Crippen molar-refractivity contribution in [3.63, 3.8) is 0 Å². The molecule has 1 aromatic rings. The van der Waals surface area contributed by atoms with Crippen molar-refractivity contribution in [3.05, 3.63) is 28.2 Å². The summed E-state index contributed by atoms with van der Waals surface area (Å²) in [5.41, 5.74) is 1.09. The minimum absolute atomic E-state index is 0.254. The molecule has 0 heterocycles. The van der Waals surface area contributed by atoms with Crippen molar-refractivity contribution in [2.75, 3.05) is 7.11 Å². The van der Waals surface area contributed by atoms with Crippen molar-refractivity contribution < 1.29 is 9.84 Å². The van der Waals surface area contributed by atoms with E-state index in [4.69, 9.17) is 4.74 Å². The van der Waals surface area contributed by atoms with Gasteiger partial charge < -0.3 is 9.84 Å². The zero-order chi connectivity index (χ0) is 14.5. The van der Waals surface area contributed by atoms with Crippen molar-refractivity contribution in [1.29, 1.82) is 0 Å². The summed E-state index contributed by atoms with van der Waals surface area (Å²) in [6.45, 7) is 2.27. The Bertz CT molecular complexity index is 425. The highest BCUT2D eigenvalue weighted by molar-refractivity contribution is 9.10. The first-order chi connectivity index (χ1) is 9.63. The fourth-order valence-corrected chi connectivity index (χ4v) is 3.69. The molecule has 0 radical (unpaired) electrons. The smallest absolute Gasteiger partial charge is 0.122 e. The first-order valence-corrected chi connectivity index (χ1v) is 8.43. The second-order valence-corrected chi connectivity index (χ2v) is 6.83. The predicted molar refractivity (Wildman–Crippen MR) is 86.1 cm³/mol. The maximum atomic E-state index is 10.5. The van der Waals surface area contributed by atoms with Gasteiger partial charge in [0.15, 0.2) is 0 Å². The SMILES string of the molecule is CCC1CCC(C(O)Cc2cc(Br)ccc2OC)CC1. The Morgan fingerprint density at radius 2 is 2.00 bits per heavy atom. The van der Waals surface area contributed by atoms with Gasteiger partial charge in [0.25, 0.3) is 0 Å². The normalized spacial score (nSPS) is 24.4. The zero-order valence-electron chi connectivity index (χ0n) is 12.4. The van der Waals surface area contributed by atoms with Gasteiger partial charge in [0.05, 0.1) is 13.2 Å². The van der Waals surface area contributed by atoms with Crippen molar-refractivity contribution >= 4 is 15.9 Å². The molecule has 1 atom stereocenters. The van der Waals surface area contributed by atoms with Crippen LogP contribution in [0.15, 0.2) is 22.7 Å². The van der Waals surface area contributed by atoms with Gasteiger partial charge in [-0.05, 0) is 48.4 Å². The molecule has 3 heteroatoms. The quantitative estimate of drug-likeness (QED) is 0.850. The van der Waals surface area contributed by atoms with E-state index in [0.717, 1.165) is 34.5 Å². The summed E-state index contributed by atoms with van der Waals surface area (Å²) in [6, 6.07) is 5.99. The summed E-state index contributed by atoms with van der Waals surface area (Å²) in [5.74, 6) is 2.19. The van der Waals surface area contributed by atoms with Crippen LogP contribution in [-0.2, 0) is 6.42 Å². The largest absolute Gasteiger partial charge is 0.496 e. The maximum Gasteiger partial charge on any atom is 0.122 e. The molecule has 112 valence electrons. The van der Waals surface area contributed by atoms with Crippen LogP contribution in [-0.4, -0.2) is 18.3 Å². The Hall–Kier alpha value is -0.540. The number of aliphatic hydroxyl groups excluding tert-OH is 1. The van der Waals surface area contributed by atoms with Crippen molar-refractivity contribution in [1.82, 2.24) is 0 Å². The number of benzene rings is 1. The van der Waals surface area contributed by atoms with Crippen molar-refractivity contribution in [2.45, 2.75) is 51.6 Å². The minimum atomic E-state index is -0.254. The molecule has 1 unspecified atom stereocenters. The van der Waals surface area contributed by atoms with Crippen LogP contribution < -0.4 is 4.74 Å². The monoisotopic (exact) mass is 340 g/mol. The van der Waals surface area contributed by atoms with Gasteiger partial charge in [0.2, 0.25) is 0 Å². The van der Waals surface area contributed by atoms with E-state index in [9.17, 15) is 5.11 Å². The van der Waals surface area contributed by atoms with Crippen molar-refractivity contribution in [3.8, 4) is 5.75 Å². The van der Waals surface area contributed by atoms with Crippen LogP contribution in [0.1, 0.15) is 44.6 Å². The second kappa shape index (κ2) is 7.46. The van der Waals surface area contributed by atoms with E-state index in [1.165, 1.54) is 19.3 Å². The average molecular weight is 341 g/mol. The maximum absolute atomic E-state index is 10.5. The number of ether oxygens (including phenoxy) is 1. The number of aliphatic hydroxyl groups is 1. The molecule has 1 N–H and O–H groups in total. The molecule has 1 aromatic carbocycles. The molecule has 0 saturated heterocycles. The lowest BCUT2D eigenvalue weighted by atomic mass is 9.77. The lowest BCUT2D eigenvalue weighted by Crippen LogP contribution is -2.27. The number of methoxy groups -OCH3 is 1. The van der Waals surface area contributed by atoms with Crippen LogP contribution in [0.4, 0.5) is 0 Å². The van der Waals surface area contributed by atoms with Crippen LogP contribution >= 0.6 is 15.9 Å². The highest BCUT2D eigenvalue weighted by Gasteiger charge is 2.26. The van der Waals surface area contributed by atoms with Crippen LogP contribution in [0.3, 0.4) is 0 Å². The number of rotatable bonds is 5. The Morgan fingerprint density at radius 3 is 2.60 bits per heavy atom. The lowest BCUT2D eigenvalue weighted by molar-refractivity contribution is 0.0730. The molecule has 20 heavy (non-hydrogen) atoms. The summed E-state index contributed by atoms with van der Waals surface area (Å²) < 4.78 is 6.43. The standard InChI is InChI=1S/C17H25BrO2/c1-3-12-4-6-13(7-5-12)16(19)11-14-10-15(18)8-9-17(14)20-2/h8-10,12-13,16,19H,3-7,11H2,1-2H3. The van der Waals surface area contributed by atoms with Crippen LogP contribution in [0.5, 0.6) is 5.75 Å². The van der Waals surface area contributed by atoms with E-state index in [0.29, 0.717) is 12.3 Å². The Morgan fingerprint density at radius 1 is 1.30 bits per heavy atom. The fraction of sp³-hybridized carbons (Fsp3) is 0.647. The van der Waals surface area contributed by atoms with Gasteiger partial charge in [-0.3, -0.25) is 0 Å². The molecule has 0 spiro atoms. The van der Waals surface area contributed by atoms with Gasteiger partial charge in [0.1, 0.15) is 5.75 Å². The first-order valence-electron chi connectivity index (χ1n) is 7.64. The minimum Gasteiger partial charge on any atom is -0.496 e. The summed E-state index contributed by atoms with van der Waals surface area (Å²) >= 11 is 3.49. The third-order valence-electron chi connectivity index (χ3n) is 4.68. The lowest BCUT2D eigenvalue weighted by Gasteiger charge is -2.31. The van der Waals surface area contributed by atoms with Gasteiger partial charge in [-0.15, -0.1) is 0 Å². The number of hydrogen-bond acceptors (Lipinski definition) is 2. The van der Waals surface area contributed by atoms with E-state index < -0.39 is 0 Å². The average Bonchev–Trinajstić information content (AvgIpc) is 2.47. The van der Waals surface area contributed by atoms with E-state index in [2.05, 4.69) is 28.9 Å². The topological polar surface area (TPSA) is 29.5 Å². The molecule has 2 nitrogen and oxygen atoms in total. The second-order valence-electron chi connectivity index (χ2n) is 5.92. The molecule has 0 aliphatic heterocycles. The van der Waals surface area contributed by atoms with Crippen LogP contribution in [0.2, 0.25) is 0 Å². The highest BCUT2D eigenvalue weighted by Crippen LogP contribution is 2.34. The zero-order valence-corrected chi connectivity index (χ0v) is 14.0. The van der Waals surface area contributed by atoms with E-state index in [-0.39, 0.29) is 6.10 Å². The van der Waals surface area contributed by atoms with Crippen LogP contribution in [0, 0.1) is 11.8 Å². The molecule has 1 aliphatic carbocycles. The molecule has 1 fully saturated rings. The summed E-state index contributed by atoms with van der Waals surface area (Å²) in [6.07, 6.45) is 6.58. The molecule has 0 amide bonds. The third kappa shape index (κ3) is 3.98. The van der Waals surface area contributed by atoms with E-state index in [1.807, 2.05) is 12.1 Å².